The van der Waals surface area contributed by atoms with Crippen LogP contribution in [0.3, 0.4) is 0 Å². The minimum absolute atomic E-state index is 0.00252. The van der Waals surface area contributed by atoms with Gasteiger partial charge in [-0.15, -0.1) is 0 Å². The van der Waals surface area contributed by atoms with Crippen LogP contribution >= 0.6 is 0 Å². The van der Waals surface area contributed by atoms with E-state index in [4.69, 9.17) is 5.73 Å². The number of carbonyl (C=O) groups excluding carboxylic acids is 2. The number of anilines is 1. The summed E-state index contributed by atoms with van der Waals surface area (Å²) in [7, 11) is 1.13. The molecule has 0 aliphatic carbocycles. The lowest BCUT2D eigenvalue weighted by Gasteiger charge is -2.14. The van der Waals surface area contributed by atoms with Crippen molar-refractivity contribution in [3.05, 3.63) is 23.8 Å². The highest BCUT2D eigenvalue weighted by molar-refractivity contribution is 5.95. The van der Waals surface area contributed by atoms with Gasteiger partial charge in [-0.2, -0.15) is 13.2 Å². The predicted octanol–water partition coefficient (Wildman–Crippen LogP) is 1.70. The average molecular weight is 320 g/mol. The number of amides is 1. The molecule has 0 aliphatic heterocycles. The molecule has 3 N–H and O–H groups in total. The average Bonchev–Trinajstić information content (AvgIpc) is 2.44. The minimum Gasteiger partial charge on any atom is -0.482 e. The molecule has 0 atom stereocenters. The van der Waals surface area contributed by atoms with E-state index in [0.717, 1.165) is 13.2 Å². The Balaban J connectivity index is 3.02. The van der Waals surface area contributed by atoms with E-state index in [2.05, 4.69) is 14.8 Å². The number of alkyl halides is 3. The molecular formula is C13H15F3N2O4. The maximum atomic E-state index is 12.3. The van der Waals surface area contributed by atoms with Crippen molar-refractivity contribution in [2.45, 2.75) is 12.6 Å². The summed E-state index contributed by atoms with van der Waals surface area (Å²) in [5.41, 5.74) is 5.22. The van der Waals surface area contributed by atoms with E-state index in [0.29, 0.717) is 0 Å². The highest BCUT2D eigenvalue weighted by Crippen LogP contribution is 2.28. The second-order valence-corrected chi connectivity index (χ2v) is 4.19. The van der Waals surface area contributed by atoms with Gasteiger partial charge in [0.2, 0.25) is 5.91 Å². The van der Waals surface area contributed by atoms with Crippen LogP contribution in [0, 0.1) is 0 Å². The number of hydrogen-bond donors (Lipinski definition) is 2. The third-order valence-corrected chi connectivity index (χ3v) is 2.44. The molecule has 0 saturated carbocycles. The Morgan fingerprint density at radius 3 is 2.55 bits per heavy atom. The number of rotatable bonds is 6. The SMILES string of the molecule is COC(=O)c1ccc(NC(=O)CCN)c(OCC(F)(F)F)c1. The molecule has 122 valence electrons. The Bertz CT molecular complexity index is 547. The van der Waals surface area contributed by atoms with Gasteiger partial charge in [0.15, 0.2) is 6.61 Å². The molecule has 0 radical (unpaired) electrons. The number of hydrogen-bond acceptors (Lipinski definition) is 5. The number of ether oxygens (including phenoxy) is 2. The van der Waals surface area contributed by atoms with E-state index >= 15 is 0 Å². The first-order valence-corrected chi connectivity index (χ1v) is 6.18. The molecule has 0 unspecified atom stereocenters. The quantitative estimate of drug-likeness (QED) is 0.779. The number of esters is 1. The third-order valence-electron chi connectivity index (χ3n) is 2.44. The van der Waals surface area contributed by atoms with Crippen LogP contribution in [0.4, 0.5) is 18.9 Å². The number of halogens is 3. The molecule has 0 spiro atoms. The molecule has 0 bridgehead atoms. The number of benzene rings is 1. The van der Waals surface area contributed by atoms with Gasteiger partial charge in [0.1, 0.15) is 5.75 Å². The topological polar surface area (TPSA) is 90.7 Å². The van der Waals surface area contributed by atoms with Crippen LogP contribution < -0.4 is 15.8 Å². The van der Waals surface area contributed by atoms with Gasteiger partial charge in [0.05, 0.1) is 18.4 Å². The second kappa shape index (κ2) is 7.64. The van der Waals surface area contributed by atoms with E-state index in [-0.39, 0.29) is 30.0 Å². The largest absolute Gasteiger partial charge is 0.482 e. The maximum absolute atomic E-state index is 12.3. The van der Waals surface area contributed by atoms with Gasteiger partial charge < -0.3 is 20.5 Å². The number of nitrogens with two attached hydrogens (primary N) is 1. The fourth-order valence-corrected chi connectivity index (χ4v) is 1.49. The van der Waals surface area contributed by atoms with Crippen LogP contribution in [0.15, 0.2) is 18.2 Å². The summed E-state index contributed by atoms with van der Waals surface area (Å²) in [6, 6.07) is 3.62. The zero-order valence-corrected chi connectivity index (χ0v) is 11.7. The van der Waals surface area contributed by atoms with Gasteiger partial charge in [-0.25, -0.2) is 4.79 Å². The Labute approximate surface area is 124 Å². The molecule has 1 rings (SSSR count). The molecule has 0 fully saturated rings. The minimum atomic E-state index is -4.56. The van der Waals surface area contributed by atoms with Crippen molar-refractivity contribution in [1.82, 2.24) is 0 Å². The van der Waals surface area contributed by atoms with Crippen LogP contribution in [0.1, 0.15) is 16.8 Å². The zero-order chi connectivity index (χ0) is 16.8. The summed E-state index contributed by atoms with van der Waals surface area (Å²) >= 11 is 0. The Kier molecular flexibility index (Phi) is 6.17. The highest BCUT2D eigenvalue weighted by atomic mass is 19.4. The zero-order valence-electron chi connectivity index (χ0n) is 11.7. The predicted molar refractivity (Wildman–Crippen MR) is 71.6 cm³/mol. The van der Waals surface area contributed by atoms with Gasteiger partial charge in [0.25, 0.3) is 0 Å². The molecule has 6 nitrogen and oxygen atoms in total. The third kappa shape index (κ3) is 5.60. The summed E-state index contributed by atoms with van der Waals surface area (Å²) in [6.45, 7) is -1.47. The summed E-state index contributed by atoms with van der Waals surface area (Å²) in [5, 5.41) is 2.37. The maximum Gasteiger partial charge on any atom is 0.422 e. The summed E-state index contributed by atoms with van der Waals surface area (Å²) in [6.07, 6.45) is -4.56. The second-order valence-electron chi connectivity index (χ2n) is 4.19. The molecule has 0 saturated heterocycles. The van der Waals surface area contributed by atoms with Crippen molar-refractivity contribution in [2.24, 2.45) is 5.73 Å². The smallest absolute Gasteiger partial charge is 0.422 e. The lowest BCUT2D eigenvalue weighted by atomic mass is 10.2. The molecular weight excluding hydrogens is 305 g/mol. The monoisotopic (exact) mass is 320 g/mol. The van der Waals surface area contributed by atoms with Gasteiger partial charge in [-0.05, 0) is 18.2 Å². The first-order valence-electron chi connectivity index (χ1n) is 6.18. The summed E-state index contributed by atoms with van der Waals surface area (Å²) in [5.74, 6) is -1.51. The highest BCUT2D eigenvalue weighted by Gasteiger charge is 2.29. The fraction of sp³-hybridized carbons (Fsp3) is 0.385. The van der Waals surface area contributed by atoms with Crippen LogP contribution in [0.5, 0.6) is 5.75 Å². The number of nitrogens with one attached hydrogen (secondary N) is 1. The molecule has 1 amide bonds. The van der Waals surface area contributed by atoms with Gasteiger partial charge in [-0.3, -0.25) is 4.79 Å². The van der Waals surface area contributed by atoms with Crippen LogP contribution in [-0.2, 0) is 9.53 Å². The van der Waals surface area contributed by atoms with Gasteiger partial charge in [-0.1, -0.05) is 0 Å². The van der Waals surface area contributed by atoms with Crippen molar-refractivity contribution in [3.63, 3.8) is 0 Å². The van der Waals surface area contributed by atoms with Crippen LogP contribution in [-0.4, -0.2) is 38.3 Å². The Morgan fingerprint density at radius 2 is 2.00 bits per heavy atom. The van der Waals surface area contributed by atoms with Crippen molar-refractivity contribution in [3.8, 4) is 5.75 Å². The molecule has 0 aliphatic rings. The Morgan fingerprint density at radius 1 is 1.32 bits per heavy atom. The molecule has 0 heterocycles. The normalized spacial score (nSPS) is 11.0. The molecule has 22 heavy (non-hydrogen) atoms. The first kappa shape index (κ1) is 17.8. The number of carbonyl (C=O) groups is 2. The lowest BCUT2D eigenvalue weighted by molar-refractivity contribution is -0.153. The van der Waals surface area contributed by atoms with Gasteiger partial charge in [0, 0.05) is 13.0 Å². The standard InChI is InChI=1S/C13H15F3N2O4/c1-21-12(20)8-2-3-9(18-11(19)4-5-17)10(6-8)22-7-13(14,15)16/h2-3,6H,4-5,7,17H2,1H3,(H,18,19). The van der Waals surface area contributed by atoms with Crippen LogP contribution in [0.25, 0.3) is 0 Å². The lowest BCUT2D eigenvalue weighted by Crippen LogP contribution is -2.21. The summed E-state index contributed by atoms with van der Waals surface area (Å²) < 4.78 is 45.9. The summed E-state index contributed by atoms with van der Waals surface area (Å²) in [4.78, 5) is 22.9. The van der Waals surface area contributed by atoms with Crippen molar-refractivity contribution in [2.75, 3.05) is 25.6 Å². The van der Waals surface area contributed by atoms with Crippen molar-refractivity contribution < 1.29 is 32.2 Å². The molecule has 1 aromatic rings. The molecule has 9 heteroatoms. The fourth-order valence-electron chi connectivity index (χ4n) is 1.49. The van der Waals surface area contributed by atoms with Gasteiger partial charge >= 0.3 is 12.1 Å². The molecule has 1 aromatic carbocycles. The first-order chi connectivity index (χ1) is 10.3. The van der Waals surface area contributed by atoms with Crippen molar-refractivity contribution >= 4 is 17.6 Å². The van der Waals surface area contributed by atoms with E-state index in [1.165, 1.54) is 12.1 Å². The van der Waals surface area contributed by atoms with E-state index in [1.807, 2.05) is 0 Å². The molecule has 0 aromatic heterocycles. The van der Waals surface area contributed by atoms with E-state index < -0.39 is 24.7 Å². The van der Waals surface area contributed by atoms with Crippen LogP contribution in [0.2, 0.25) is 0 Å². The Hall–Kier alpha value is -2.29. The van der Waals surface area contributed by atoms with E-state index in [1.54, 1.807) is 0 Å². The number of methoxy groups -OCH3 is 1. The van der Waals surface area contributed by atoms with E-state index in [9.17, 15) is 22.8 Å². The van der Waals surface area contributed by atoms with Crippen molar-refractivity contribution in [1.29, 1.82) is 0 Å².